The summed E-state index contributed by atoms with van der Waals surface area (Å²) in [6, 6.07) is 11.9. The van der Waals surface area contributed by atoms with Gasteiger partial charge in [-0.3, -0.25) is 9.59 Å². The topological polar surface area (TPSA) is 88.6 Å². The quantitative estimate of drug-likeness (QED) is 0.554. The normalized spacial score (nSPS) is 10.5. The van der Waals surface area contributed by atoms with Crippen molar-refractivity contribution in [1.82, 2.24) is 20.6 Å². The molecule has 110 valence electrons. The van der Waals surface area contributed by atoms with Crippen molar-refractivity contribution in [3.63, 3.8) is 0 Å². The lowest BCUT2D eigenvalue weighted by Crippen LogP contribution is -2.18. The summed E-state index contributed by atoms with van der Waals surface area (Å²) >= 11 is 1.58. The van der Waals surface area contributed by atoms with Crippen molar-refractivity contribution < 1.29 is 9.59 Å². The maximum atomic E-state index is 12.0. The van der Waals surface area contributed by atoms with Gasteiger partial charge in [-0.25, -0.2) is 0 Å². The smallest absolute Gasteiger partial charge is 0.269 e. The number of hydrogen-bond acceptors (Lipinski definition) is 6. The third-order valence-electron chi connectivity index (χ3n) is 3.20. The molecule has 0 atom stereocenters. The Bertz CT molecular complexity index is 781. The minimum atomic E-state index is -0.717. The number of tetrazole rings is 1. The van der Waals surface area contributed by atoms with Crippen LogP contribution >= 0.6 is 11.3 Å². The maximum Gasteiger partial charge on any atom is 0.269 e. The van der Waals surface area contributed by atoms with Crippen LogP contribution in [0.1, 0.15) is 26.6 Å². The fourth-order valence-corrected chi connectivity index (χ4v) is 3.03. The minimum Gasteiger partial charge on any atom is -0.290 e. The van der Waals surface area contributed by atoms with E-state index in [9.17, 15) is 9.59 Å². The first-order valence-corrected chi connectivity index (χ1v) is 7.52. The molecule has 3 rings (SSSR count). The van der Waals surface area contributed by atoms with E-state index < -0.39 is 11.6 Å². The number of benzene rings is 1. The summed E-state index contributed by atoms with van der Waals surface area (Å²) in [5.74, 6) is -1.44. The molecule has 0 bridgehead atoms. The molecule has 0 aliphatic carbocycles. The van der Waals surface area contributed by atoms with E-state index in [1.54, 1.807) is 11.3 Å². The monoisotopic (exact) mass is 312 g/mol. The Hall–Kier alpha value is -2.67. The number of Topliss-reactive ketones (excluding diaryl/α,β-unsaturated/α-hetero) is 2. The summed E-state index contributed by atoms with van der Waals surface area (Å²) in [5.41, 5.74) is 2.04. The van der Waals surface area contributed by atoms with Crippen molar-refractivity contribution in [1.29, 1.82) is 0 Å². The van der Waals surface area contributed by atoms with Gasteiger partial charge in [0.05, 0.1) is 0 Å². The molecule has 3 aromatic rings. The third-order valence-corrected chi connectivity index (χ3v) is 4.16. The number of aromatic nitrogens is 4. The van der Waals surface area contributed by atoms with Crippen LogP contribution in [0.25, 0.3) is 0 Å². The Labute approximate surface area is 130 Å². The van der Waals surface area contributed by atoms with E-state index in [-0.39, 0.29) is 12.2 Å². The summed E-state index contributed by atoms with van der Waals surface area (Å²) in [4.78, 5) is 25.0. The summed E-state index contributed by atoms with van der Waals surface area (Å²) in [6.45, 7) is 0. The SMILES string of the molecule is O=C(Cc1ccsc1Cc1ccccc1)C(=O)c1nn[nH]n1. The summed E-state index contributed by atoms with van der Waals surface area (Å²) in [7, 11) is 0. The number of rotatable bonds is 6. The molecule has 0 aliphatic rings. The predicted octanol–water partition coefficient (Wildman–Crippen LogP) is 1.85. The van der Waals surface area contributed by atoms with Crippen molar-refractivity contribution in [3.05, 3.63) is 63.6 Å². The number of nitrogens with zero attached hydrogens (tertiary/aromatic N) is 3. The van der Waals surface area contributed by atoms with Crippen molar-refractivity contribution >= 4 is 22.9 Å². The molecule has 0 fully saturated rings. The van der Waals surface area contributed by atoms with Crippen LogP contribution in [0, 0.1) is 0 Å². The van der Waals surface area contributed by atoms with Crippen molar-refractivity contribution in [3.8, 4) is 0 Å². The zero-order valence-electron chi connectivity index (χ0n) is 11.5. The highest BCUT2D eigenvalue weighted by molar-refractivity contribution is 7.10. The van der Waals surface area contributed by atoms with Gasteiger partial charge in [-0.15, -0.1) is 21.5 Å². The Morgan fingerprint density at radius 1 is 1.14 bits per heavy atom. The molecule has 0 unspecified atom stereocenters. The Morgan fingerprint density at radius 2 is 1.95 bits per heavy atom. The highest BCUT2D eigenvalue weighted by atomic mass is 32.1. The fourth-order valence-electron chi connectivity index (χ4n) is 2.10. The number of thiophene rings is 1. The van der Waals surface area contributed by atoms with Gasteiger partial charge in [0.25, 0.3) is 5.78 Å². The molecule has 7 heteroatoms. The van der Waals surface area contributed by atoms with E-state index in [1.807, 2.05) is 41.8 Å². The van der Waals surface area contributed by atoms with Crippen LogP contribution in [-0.2, 0) is 17.6 Å². The van der Waals surface area contributed by atoms with E-state index in [0.717, 1.165) is 16.9 Å². The molecule has 0 spiro atoms. The van der Waals surface area contributed by atoms with Gasteiger partial charge >= 0.3 is 0 Å². The van der Waals surface area contributed by atoms with E-state index >= 15 is 0 Å². The van der Waals surface area contributed by atoms with Gasteiger partial charge in [-0.1, -0.05) is 30.3 Å². The Balaban J connectivity index is 1.72. The number of aromatic amines is 1. The lowest BCUT2D eigenvalue weighted by atomic mass is 10.0. The van der Waals surface area contributed by atoms with Gasteiger partial charge in [0.15, 0.2) is 0 Å². The zero-order chi connectivity index (χ0) is 15.4. The number of nitrogens with one attached hydrogen (secondary N) is 1. The van der Waals surface area contributed by atoms with Crippen LogP contribution < -0.4 is 0 Å². The highest BCUT2D eigenvalue weighted by Gasteiger charge is 2.22. The lowest BCUT2D eigenvalue weighted by molar-refractivity contribution is -0.114. The average Bonchev–Trinajstić information content (AvgIpc) is 3.20. The predicted molar refractivity (Wildman–Crippen MR) is 80.8 cm³/mol. The molecule has 1 aromatic carbocycles. The number of ketones is 2. The van der Waals surface area contributed by atoms with E-state index in [2.05, 4.69) is 20.6 Å². The molecule has 22 heavy (non-hydrogen) atoms. The van der Waals surface area contributed by atoms with Gasteiger partial charge in [0.2, 0.25) is 11.6 Å². The van der Waals surface area contributed by atoms with Gasteiger partial charge in [0, 0.05) is 17.7 Å². The molecule has 0 amide bonds. The van der Waals surface area contributed by atoms with Gasteiger partial charge in [0.1, 0.15) is 0 Å². The van der Waals surface area contributed by atoms with Crippen LogP contribution in [0.5, 0.6) is 0 Å². The molecule has 0 saturated carbocycles. The highest BCUT2D eigenvalue weighted by Crippen LogP contribution is 2.21. The minimum absolute atomic E-state index is 0.0546. The molecule has 2 heterocycles. The van der Waals surface area contributed by atoms with Crippen molar-refractivity contribution in [2.45, 2.75) is 12.8 Å². The number of carbonyl (C=O) groups excluding carboxylic acids is 2. The number of H-pyrrole nitrogens is 1. The molecule has 0 saturated heterocycles. The summed E-state index contributed by atoms with van der Waals surface area (Å²) in [5, 5.41) is 14.5. The molecular weight excluding hydrogens is 300 g/mol. The van der Waals surface area contributed by atoms with Crippen LogP contribution in [0.4, 0.5) is 0 Å². The van der Waals surface area contributed by atoms with Crippen LogP contribution in [0.15, 0.2) is 41.8 Å². The molecular formula is C15H12N4O2S. The van der Waals surface area contributed by atoms with Crippen molar-refractivity contribution in [2.75, 3.05) is 0 Å². The summed E-state index contributed by atoms with van der Waals surface area (Å²) < 4.78 is 0. The second-order valence-corrected chi connectivity index (χ2v) is 5.70. The van der Waals surface area contributed by atoms with E-state index in [0.29, 0.717) is 0 Å². The number of hydrogen-bond donors (Lipinski definition) is 1. The molecule has 0 radical (unpaired) electrons. The second-order valence-electron chi connectivity index (χ2n) is 4.70. The van der Waals surface area contributed by atoms with Crippen molar-refractivity contribution in [2.24, 2.45) is 0 Å². The molecule has 1 N–H and O–H groups in total. The van der Waals surface area contributed by atoms with Crippen LogP contribution in [-0.4, -0.2) is 32.2 Å². The summed E-state index contributed by atoms with van der Waals surface area (Å²) in [6.07, 6.45) is 0.802. The Morgan fingerprint density at radius 3 is 2.68 bits per heavy atom. The molecule has 6 nitrogen and oxygen atoms in total. The molecule has 0 aliphatic heterocycles. The lowest BCUT2D eigenvalue weighted by Gasteiger charge is -2.03. The van der Waals surface area contributed by atoms with E-state index in [4.69, 9.17) is 0 Å². The van der Waals surface area contributed by atoms with Gasteiger partial charge in [-0.2, -0.15) is 5.21 Å². The van der Waals surface area contributed by atoms with Gasteiger partial charge < -0.3 is 0 Å². The van der Waals surface area contributed by atoms with Crippen LogP contribution in [0.3, 0.4) is 0 Å². The number of carbonyl (C=O) groups is 2. The fraction of sp³-hybridized carbons (Fsp3) is 0.133. The average molecular weight is 312 g/mol. The first-order valence-electron chi connectivity index (χ1n) is 6.64. The maximum absolute atomic E-state index is 12.0. The largest absolute Gasteiger partial charge is 0.290 e. The standard InChI is InChI=1S/C15H12N4O2S/c20-12(14(21)15-16-18-19-17-15)9-11-6-7-22-13(11)8-10-4-2-1-3-5-10/h1-7H,8-9H2,(H,16,17,18,19). The molecule has 2 aromatic heterocycles. The van der Waals surface area contributed by atoms with E-state index in [1.165, 1.54) is 5.56 Å². The second kappa shape index (κ2) is 6.40. The van der Waals surface area contributed by atoms with Crippen LogP contribution in [0.2, 0.25) is 0 Å². The van der Waals surface area contributed by atoms with Gasteiger partial charge in [-0.05, 0) is 27.8 Å². The zero-order valence-corrected chi connectivity index (χ0v) is 12.3. The Kier molecular flexibility index (Phi) is 4.15. The third kappa shape index (κ3) is 3.15. The first-order chi connectivity index (χ1) is 10.7. The first kappa shape index (κ1) is 14.3.